The first-order valence-corrected chi connectivity index (χ1v) is 6.98. The number of nitrogens with zero attached hydrogens (tertiary/aromatic N) is 1. The molecule has 0 saturated heterocycles. The van der Waals surface area contributed by atoms with Crippen LogP contribution in [0.3, 0.4) is 0 Å². The van der Waals surface area contributed by atoms with Gasteiger partial charge in [0.15, 0.2) is 0 Å². The molecule has 0 bridgehead atoms. The number of rotatable bonds is 4. The van der Waals surface area contributed by atoms with Gasteiger partial charge in [0.2, 0.25) is 0 Å². The highest BCUT2D eigenvalue weighted by molar-refractivity contribution is 7.98. The molecule has 0 amide bonds. The first-order valence-electron chi connectivity index (χ1n) is 5.75. The molecule has 0 aliphatic rings. The molecule has 0 unspecified atom stereocenters. The van der Waals surface area contributed by atoms with Crippen molar-refractivity contribution >= 4 is 17.6 Å². The molecule has 3 N–H and O–H groups in total. The number of nitrogens with two attached hydrogens (primary N) is 1. The smallest absolute Gasteiger partial charge is 0.145 e. The van der Waals surface area contributed by atoms with Crippen LogP contribution in [0, 0.1) is 0 Å². The SMILES string of the molecule is CCc1cc(OC)c(-c2cc(N)n[nH]2)cc1SC. The van der Waals surface area contributed by atoms with Gasteiger partial charge in [0, 0.05) is 16.5 Å². The summed E-state index contributed by atoms with van der Waals surface area (Å²) in [7, 11) is 1.68. The molecule has 96 valence electrons. The Kier molecular flexibility index (Phi) is 3.81. The zero-order valence-electron chi connectivity index (χ0n) is 10.8. The van der Waals surface area contributed by atoms with Crippen LogP contribution in [-0.4, -0.2) is 23.6 Å². The summed E-state index contributed by atoms with van der Waals surface area (Å²) in [5, 5.41) is 6.88. The molecule has 1 aromatic carbocycles. The predicted molar refractivity (Wildman–Crippen MR) is 76.1 cm³/mol. The number of aromatic amines is 1. The Bertz CT molecular complexity index is 551. The Morgan fingerprint density at radius 1 is 1.39 bits per heavy atom. The van der Waals surface area contributed by atoms with Crippen LogP contribution in [0.1, 0.15) is 12.5 Å². The summed E-state index contributed by atoms with van der Waals surface area (Å²) >= 11 is 1.73. The fourth-order valence-electron chi connectivity index (χ4n) is 1.92. The summed E-state index contributed by atoms with van der Waals surface area (Å²) in [5.74, 6) is 1.32. The van der Waals surface area contributed by atoms with Gasteiger partial charge in [-0.3, -0.25) is 5.10 Å². The van der Waals surface area contributed by atoms with Gasteiger partial charge < -0.3 is 10.5 Å². The van der Waals surface area contributed by atoms with E-state index in [4.69, 9.17) is 10.5 Å². The molecule has 5 heteroatoms. The van der Waals surface area contributed by atoms with E-state index >= 15 is 0 Å². The number of benzene rings is 1. The van der Waals surface area contributed by atoms with Crippen LogP contribution in [0.4, 0.5) is 5.82 Å². The van der Waals surface area contributed by atoms with Gasteiger partial charge in [0.05, 0.1) is 12.8 Å². The molecule has 0 spiro atoms. The van der Waals surface area contributed by atoms with Gasteiger partial charge in [-0.05, 0) is 30.4 Å². The van der Waals surface area contributed by atoms with Crippen LogP contribution in [0.5, 0.6) is 5.75 Å². The van der Waals surface area contributed by atoms with E-state index in [2.05, 4.69) is 35.5 Å². The van der Waals surface area contributed by atoms with Crippen LogP contribution < -0.4 is 10.5 Å². The predicted octanol–water partition coefficient (Wildman–Crippen LogP) is 2.95. The van der Waals surface area contributed by atoms with Crippen LogP contribution in [-0.2, 0) is 6.42 Å². The number of hydrogen-bond donors (Lipinski definition) is 2. The van der Waals surface area contributed by atoms with E-state index in [9.17, 15) is 0 Å². The number of aryl methyl sites for hydroxylation is 1. The van der Waals surface area contributed by atoms with Gasteiger partial charge in [-0.25, -0.2) is 0 Å². The standard InChI is InChI=1S/C13H17N3OS/c1-4-8-5-11(17-2)9(6-12(8)18-3)10-7-13(14)16-15-10/h5-7H,4H2,1-3H3,(H3,14,15,16). The second-order valence-corrected chi connectivity index (χ2v) is 4.77. The summed E-state index contributed by atoms with van der Waals surface area (Å²) in [6.07, 6.45) is 3.06. The maximum atomic E-state index is 5.65. The van der Waals surface area contributed by atoms with Gasteiger partial charge in [-0.2, -0.15) is 5.10 Å². The van der Waals surface area contributed by atoms with E-state index in [0.717, 1.165) is 23.4 Å². The number of aromatic nitrogens is 2. The highest BCUT2D eigenvalue weighted by Crippen LogP contribution is 2.35. The number of thioether (sulfide) groups is 1. The second kappa shape index (κ2) is 5.35. The molecule has 0 saturated carbocycles. The zero-order valence-corrected chi connectivity index (χ0v) is 11.6. The Labute approximate surface area is 111 Å². The van der Waals surface area contributed by atoms with Gasteiger partial charge in [0.1, 0.15) is 11.6 Å². The van der Waals surface area contributed by atoms with Gasteiger partial charge in [0.25, 0.3) is 0 Å². The molecular weight excluding hydrogens is 246 g/mol. The van der Waals surface area contributed by atoms with Gasteiger partial charge in [-0.15, -0.1) is 11.8 Å². The maximum Gasteiger partial charge on any atom is 0.145 e. The van der Waals surface area contributed by atoms with Crippen molar-refractivity contribution in [1.82, 2.24) is 10.2 Å². The van der Waals surface area contributed by atoms with Gasteiger partial charge >= 0.3 is 0 Å². The number of nitrogens with one attached hydrogen (secondary N) is 1. The first kappa shape index (κ1) is 12.8. The summed E-state index contributed by atoms with van der Waals surface area (Å²) in [6, 6.07) is 6.01. The summed E-state index contributed by atoms with van der Waals surface area (Å²) in [4.78, 5) is 1.25. The molecule has 4 nitrogen and oxygen atoms in total. The molecule has 2 aromatic rings. The third-order valence-corrected chi connectivity index (χ3v) is 3.69. The van der Waals surface area contributed by atoms with Crippen molar-refractivity contribution in [3.63, 3.8) is 0 Å². The highest BCUT2D eigenvalue weighted by atomic mass is 32.2. The summed E-state index contributed by atoms with van der Waals surface area (Å²) in [6.45, 7) is 2.14. The van der Waals surface area contributed by atoms with Crippen LogP contribution in [0.15, 0.2) is 23.1 Å². The Balaban J connectivity index is 2.58. The number of methoxy groups -OCH3 is 1. The fraction of sp³-hybridized carbons (Fsp3) is 0.308. The largest absolute Gasteiger partial charge is 0.496 e. The topological polar surface area (TPSA) is 63.9 Å². The molecule has 1 heterocycles. The number of nitrogen functional groups attached to an aromatic ring is 1. The molecule has 0 fully saturated rings. The van der Waals surface area contributed by atoms with Crippen molar-refractivity contribution < 1.29 is 4.74 Å². The normalized spacial score (nSPS) is 10.6. The lowest BCUT2D eigenvalue weighted by Gasteiger charge is -2.12. The molecular formula is C13H17N3OS. The number of ether oxygens (including phenoxy) is 1. The Morgan fingerprint density at radius 3 is 2.67 bits per heavy atom. The lowest BCUT2D eigenvalue weighted by atomic mass is 10.1. The first-order chi connectivity index (χ1) is 8.69. The third-order valence-electron chi connectivity index (χ3n) is 2.87. The van der Waals surface area contributed by atoms with Crippen molar-refractivity contribution in [2.45, 2.75) is 18.2 Å². The summed E-state index contributed by atoms with van der Waals surface area (Å²) < 4.78 is 5.45. The molecule has 0 radical (unpaired) electrons. The lowest BCUT2D eigenvalue weighted by molar-refractivity contribution is 0.415. The molecule has 2 rings (SSSR count). The fourth-order valence-corrected chi connectivity index (χ4v) is 2.62. The minimum absolute atomic E-state index is 0.484. The monoisotopic (exact) mass is 263 g/mol. The molecule has 0 aliphatic carbocycles. The molecule has 18 heavy (non-hydrogen) atoms. The lowest BCUT2D eigenvalue weighted by Crippen LogP contribution is -1.93. The van der Waals surface area contributed by atoms with E-state index in [1.165, 1.54) is 10.5 Å². The van der Waals surface area contributed by atoms with E-state index in [1.54, 1.807) is 18.9 Å². The van der Waals surface area contributed by atoms with Crippen molar-refractivity contribution in [2.75, 3.05) is 19.1 Å². The minimum Gasteiger partial charge on any atom is -0.496 e. The van der Waals surface area contributed by atoms with E-state index < -0.39 is 0 Å². The maximum absolute atomic E-state index is 5.65. The quantitative estimate of drug-likeness (QED) is 0.832. The van der Waals surface area contributed by atoms with Gasteiger partial charge in [-0.1, -0.05) is 6.92 Å². The Hall–Kier alpha value is -1.62. The van der Waals surface area contributed by atoms with Crippen molar-refractivity contribution in [3.8, 4) is 17.0 Å². The van der Waals surface area contributed by atoms with E-state index in [-0.39, 0.29) is 0 Å². The van der Waals surface area contributed by atoms with E-state index in [0.29, 0.717) is 5.82 Å². The van der Waals surface area contributed by atoms with Crippen molar-refractivity contribution in [1.29, 1.82) is 0 Å². The average Bonchev–Trinajstić information content (AvgIpc) is 2.83. The average molecular weight is 263 g/mol. The highest BCUT2D eigenvalue weighted by Gasteiger charge is 2.12. The van der Waals surface area contributed by atoms with Crippen molar-refractivity contribution in [3.05, 3.63) is 23.8 Å². The van der Waals surface area contributed by atoms with Crippen LogP contribution >= 0.6 is 11.8 Å². The summed E-state index contributed by atoms with van der Waals surface area (Å²) in [5.41, 5.74) is 8.80. The third kappa shape index (κ3) is 2.31. The second-order valence-electron chi connectivity index (χ2n) is 3.92. The number of anilines is 1. The van der Waals surface area contributed by atoms with Crippen LogP contribution in [0.2, 0.25) is 0 Å². The minimum atomic E-state index is 0.484. The van der Waals surface area contributed by atoms with E-state index in [1.807, 2.05) is 6.07 Å². The zero-order chi connectivity index (χ0) is 13.1. The van der Waals surface area contributed by atoms with Crippen LogP contribution in [0.25, 0.3) is 11.3 Å². The van der Waals surface area contributed by atoms with Crippen molar-refractivity contribution in [2.24, 2.45) is 0 Å². The number of H-pyrrole nitrogens is 1. The molecule has 1 aromatic heterocycles. The number of hydrogen-bond acceptors (Lipinski definition) is 4. The molecule has 0 atom stereocenters. The molecule has 0 aliphatic heterocycles. The Morgan fingerprint density at radius 2 is 2.17 bits per heavy atom.